The van der Waals surface area contributed by atoms with Gasteiger partial charge in [-0.05, 0) is 48.5 Å². The molecule has 1 heterocycles. The molecule has 0 bridgehead atoms. The van der Waals surface area contributed by atoms with Gasteiger partial charge in [0, 0.05) is 23.3 Å². The molecule has 27 heavy (non-hydrogen) atoms. The van der Waals surface area contributed by atoms with E-state index in [1.165, 1.54) is 12.5 Å². The first-order valence-corrected chi connectivity index (χ1v) is 8.34. The first kappa shape index (κ1) is 17.8. The predicted octanol–water partition coefficient (Wildman–Crippen LogP) is 4.16. The molecule has 1 aromatic heterocycles. The zero-order valence-electron chi connectivity index (χ0n) is 14.5. The Hall–Kier alpha value is -3.98. The van der Waals surface area contributed by atoms with Gasteiger partial charge in [-0.3, -0.25) is 4.79 Å². The van der Waals surface area contributed by atoms with Gasteiger partial charge in [-0.25, -0.2) is 0 Å². The van der Waals surface area contributed by atoms with E-state index >= 15 is 0 Å². The van der Waals surface area contributed by atoms with Gasteiger partial charge < -0.3 is 20.4 Å². The molecule has 0 aliphatic rings. The van der Waals surface area contributed by atoms with E-state index in [0.717, 1.165) is 17.1 Å². The number of benzene rings is 2. The van der Waals surface area contributed by atoms with Gasteiger partial charge >= 0.3 is 0 Å². The van der Waals surface area contributed by atoms with E-state index in [4.69, 9.17) is 4.42 Å². The summed E-state index contributed by atoms with van der Waals surface area (Å²) in [7, 11) is 0. The number of nitrogens with one attached hydrogen (secondary N) is 3. The van der Waals surface area contributed by atoms with Crippen LogP contribution in [0.25, 0.3) is 0 Å². The highest BCUT2D eigenvalue weighted by molar-refractivity contribution is 5.97. The molecule has 3 aromatic rings. The Kier molecular flexibility index (Phi) is 5.89. The Morgan fingerprint density at radius 1 is 0.963 bits per heavy atom. The molecule has 0 saturated heterocycles. The first-order chi connectivity index (χ1) is 13.2. The smallest absolute Gasteiger partial charge is 0.263 e. The van der Waals surface area contributed by atoms with E-state index in [9.17, 15) is 10.1 Å². The molecular weight excluding hydrogens is 340 g/mol. The van der Waals surface area contributed by atoms with Crippen LogP contribution >= 0.6 is 0 Å². The minimum Gasteiger partial charge on any atom is -0.467 e. The molecule has 1 amide bonds. The lowest BCUT2D eigenvalue weighted by Crippen LogP contribution is -2.24. The lowest BCUT2D eigenvalue weighted by atomic mass is 10.2. The average Bonchev–Trinajstić information content (AvgIpc) is 3.22. The van der Waals surface area contributed by atoms with Gasteiger partial charge in [-0.15, -0.1) is 0 Å². The molecule has 6 nitrogen and oxygen atoms in total. The molecule has 0 saturated carbocycles. The third-order valence-corrected chi connectivity index (χ3v) is 3.70. The number of rotatable bonds is 7. The van der Waals surface area contributed by atoms with Crippen LogP contribution in [0.15, 0.2) is 89.2 Å². The second kappa shape index (κ2) is 8.92. The van der Waals surface area contributed by atoms with E-state index in [2.05, 4.69) is 16.0 Å². The summed E-state index contributed by atoms with van der Waals surface area (Å²) in [6, 6.07) is 22.8. The fraction of sp³-hybridized carbons (Fsp3) is 0.0476. The molecule has 3 N–H and O–H groups in total. The van der Waals surface area contributed by atoms with Crippen LogP contribution in [-0.2, 0) is 11.3 Å². The van der Waals surface area contributed by atoms with Gasteiger partial charge in [0.15, 0.2) is 0 Å². The van der Waals surface area contributed by atoms with Gasteiger partial charge in [-0.1, -0.05) is 18.2 Å². The minimum absolute atomic E-state index is 0.0203. The van der Waals surface area contributed by atoms with Gasteiger partial charge in [-0.2, -0.15) is 5.26 Å². The number of nitrogens with zero attached hydrogens (tertiary/aromatic N) is 1. The lowest BCUT2D eigenvalue weighted by molar-refractivity contribution is -0.117. The fourth-order valence-electron chi connectivity index (χ4n) is 2.32. The van der Waals surface area contributed by atoms with Crippen molar-refractivity contribution >= 4 is 23.0 Å². The number of carbonyl (C=O) groups excluding carboxylic acids is 1. The van der Waals surface area contributed by atoms with Crippen molar-refractivity contribution in [1.82, 2.24) is 5.32 Å². The van der Waals surface area contributed by atoms with Gasteiger partial charge in [0.25, 0.3) is 5.91 Å². The van der Waals surface area contributed by atoms with Crippen molar-refractivity contribution < 1.29 is 9.21 Å². The number of amides is 1. The van der Waals surface area contributed by atoms with Gasteiger partial charge in [0.1, 0.15) is 17.4 Å². The number of furan rings is 1. The van der Waals surface area contributed by atoms with Crippen LogP contribution in [0.4, 0.5) is 17.1 Å². The third-order valence-electron chi connectivity index (χ3n) is 3.70. The minimum atomic E-state index is -0.469. The second-order valence-electron chi connectivity index (χ2n) is 5.64. The monoisotopic (exact) mass is 358 g/mol. The SMILES string of the molecule is N#C/C(=C/Nc1ccc(Nc2ccccc2)cc1)C(=O)NCc1ccco1. The van der Waals surface area contributed by atoms with Crippen molar-refractivity contribution in [1.29, 1.82) is 5.26 Å². The Morgan fingerprint density at radius 3 is 2.33 bits per heavy atom. The highest BCUT2D eigenvalue weighted by atomic mass is 16.3. The van der Waals surface area contributed by atoms with Crippen LogP contribution < -0.4 is 16.0 Å². The summed E-state index contributed by atoms with van der Waals surface area (Å²) in [5, 5.41) is 18.1. The maximum atomic E-state index is 12.1. The number of hydrogen-bond donors (Lipinski definition) is 3. The van der Waals surface area contributed by atoms with Crippen molar-refractivity contribution in [2.45, 2.75) is 6.54 Å². The van der Waals surface area contributed by atoms with Crippen LogP contribution in [0.1, 0.15) is 5.76 Å². The number of nitriles is 1. The molecular formula is C21H18N4O2. The first-order valence-electron chi connectivity index (χ1n) is 8.34. The normalized spacial score (nSPS) is 10.7. The van der Waals surface area contributed by atoms with Crippen molar-refractivity contribution in [2.75, 3.05) is 10.6 Å². The fourth-order valence-corrected chi connectivity index (χ4v) is 2.32. The topological polar surface area (TPSA) is 90.1 Å². The largest absolute Gasteiger partial charge is 0.467 e. The molecule has 0 aliphatic heterocycles. The maximum Gasteiger partial charge on any atom is 0.263 e. The van der Waals surface area contributed by atoms with Crippen molar-refractivity contribution in [3.8, 4) is 6.07 Å². The average molecular weight is 358 g/mol. The van der Waals surface area contributed by atoms with Crippen molar-refractivity contribution in [3.63, 3.8) is 0 Å². The Balaban J connectivity index is 1.56. The van der Waals surface area contributed by atoms with Crippen LogP contribution in [0, 0.1) is 11.3 Å². The summed E-state index contributed by atoms with van der Waals surface area (Å²) in [4.78, 5) is 12.1. The van der Waals surface area contributed by atoms with Crippen LogP contribution in [-0.4, -0.2) is 5.91 Å². The molecule has 3 rings (SSSR count). The zero-order chi connectivity index (χ0) is 18.9. The molecule has 0 aliphatic carbocycles. The molecule has 2 aromatic carbocycles. The number of anilines is 3. The molecule has 0 atom stereocenters. The predicted molar refractivity (Wildman–Crippen MR) is 104 cm³/mol. The molecule has 0 spiro atoms. The summed E-state index contributed by atoms with van der Waals surface area (Å²) >= 11 is 0. The van der Waals surface area contributed by atoms with Crippen LogP contribution in [0.5, 0.6) is 0 Å². The van der Waals surface area contributed by atoms with E-state index < -0.39 is 5.91 Å². The highest BCUT2D eigenvalue weighted by Gasteiger charge is 2.09. The standard InChI is InChI=1S/C21H18N4O2/c22-13-16(21(26)24-15-20-7-4-12-27-20)14-23-17-8-10-19(11-9-17)25-18-5-2-1-3-6-18/h1-12,14,23,25H,15H2,(H,24,26)/b16-14-. The summed E-state index contributed by atoms with van der Waals surface area (Å²) in [5.74, 6) is 0.152. The maximum absolute atomic E-state index is 12.1. The van der Waals surface area contributed by atoms with Crippen molar-refractivity contribution in [2.24, 2.45) is 0 Å². The quantitative estimate of drug-likeness (QED) is 0.436. The molecule has 0 fully saturated rings. The van der Waals surface area contributed by atoms with Crippen LogP contribution in [0.3, 0.4) is 0 Å². The number of para-hydroxylation sites is 1. The highest BCUT2D eigenvalue weighted by Crippen LogP contribution is 2.18. The summed E-state index contributed by atoms with van der Waals surface area (Å²) in [6.45, 7) is 0.227. The van der Waals surface area contributed by atoms with E-state index in [1.807, 2.05) is 60.7 Å². The van der Waals surface area contributed by atoms with E-state index in [-0.39, 0.29) is 12.1 Å². The molecule has 0 radical (unpaired) electrons. The van der Waals surface area contributed by atoms with E-state index in [0.29, 0.717) is 5.76 Å². The summed E-state index contributed by atoms with van der Waals surface area (Å²) in [5.41, 5.74) is 2.68. The molecule has 6 heteroatoms. The Morgan fingerprint density at radius 2 is 1.67 bits per heavy atom. The number of hydrogen-bond acceptors (Lipinski definition) is 5. The van der Waals surface area contributed by atoms with Crippen LogP contribution in [0.2, 0.25) is 0 Å². The number of carbonyl (C=O) groups is 1. The summed E-state index contributed by atoms with van der Waals surface area (Å²) in [6.07, 6.45) is 2.91. The van der Waals surface area contributed by atoms with Gasteiger partial charge in [0.05, 0.1) is 12.8 Å². The third kappa shape index (κ3) is 5.25. The second-order valence-corrected chi connectivity index (χ2v) is 5.64. The molecule has 0 unspecified atom stereocenters. The van der Waals surface area contributed by atoms with Gasteiger partial charge in [0.2, 0.25) is 0 Å². The lowest BCUT2D eigenvalue weighted by Gasteiger charge is -2.08. The Labute approximate surface area is 157 Å². The van der Waals surface area contributed by atoms with Crippen molar-refractivity contribution in [3.05, 3.63) is 90.5 Å². The Bertz CT molecular complexity index is 940. The zero-order valence-corrected chi connectivity index (χ0v) is 14.5. The van der Waals surface area contributed by atoms with E-state index in [1.54, 1.807) is 12.1 Å². The molecule has 134 valence electrons. The summed E-state index contributed by atoms with van der Waals surface area (Å²) < 4.78 is 5.14.